The first kappa shape index (κ1) is 17.8. The standard InChI is InChI=1S/C16H15ClO4S2/c1-23(19,20)15-8-2-12(3-9-15)16(18)21-10-11-22-14-6-4-13(17)5-7-14/h2-9H,10-11H2,1H3. The minimum Gasteiger partial charge on any atom is -0.461 e. The van der Waals surface area contributed by atoms with Crippen molar-refractivity contribution in [1.82, 2.24) is 0 Å². The van der Waals surface area contributed by atoms with Crippen molar-refractivity contribution in [3.05, 3.63) is 59.1 Å². The molecule has 0 saturated heterocycles. The highest BCUT2D eigenvalue weighted by Crippen LogP contribution is 2.20. The van der Waals surface area contributed by atoms with Crippen molar-refractivity contribution in [2.24, 2.45) is 0 Å². The molecule has 0 unspecified atom stereocenters. The first-order valence-corrected chi connectivity index (χ1v) is 9.97. The zero-order chi connectivity index (χ0) is 16.9. The molecule has 7 heteroatoms. The Bertz CT molecular complexity index is 769. The van der Waals surface area contributed by atoms with Gasteiger partial charge in [-0.3, -0.25) is 0 Å². The molecule has 0 aliphatic rings. The monoisotopic (exact) mass is 370 g/mol. The van der Waals surface area contributed by atoms with E-state index < -0.39 is 15.8 Å². The predicted molar refractivity (Wildman–Crippen MR) is 92.0 cm³/mol. The maximum atomic E-state index is 11.9. The Morgan fingerprint density at radius 1 is 1.09 bits per heavy atom. The molecule has 2 aromatic carbocycles. The Morgan fingerprint density at radius 2 is 1.70 bits per heavy atom. The number of benzene rings is 2. The first-order chi connectivity index (χ1) is 10.9. The van der Waals surface area contributed by atoms with Crippen molar-refractivity contribution >= 4 is 39.2 Å². The highest BCUT2D eigenvalue weighted by atomic mass is 35.5. The van der Waals surface area contributed by atoms with Crippen LogP contribution in [0.1, 0.15) is 10.4 Å². The summed E-state index contributed by atoms with van der Waals surface area (Å²) >= 11 is 7.36. The quantitative estimate of drug-likeness (QED) is 0.441. The van der Waals surface area contributed by atoms with Crippen molar-refractivity contribution in [3.63, 3.8) is 0 Å². The van der Waals surface area contributed by atoms with Gasteiger partial charge in [0.1, 0.15) is 6.61 Å². The van der Waals surface area contributed by atoms with Gasteiger partial charge in [-0.15, -0.1) is 11.8 Å². The van der Waals surface area contributed by atoms with Gasteiger partial charge in [-0.25, -0.2) is 13.2 Å². The maximum absolute atomic E-state index is 11.9. The Kier molecular flexibility index (Phi) is 6.10. The van der Waals surface area contributed by atoms with Gasteiger partial charge in [0, 0.05) is 21.9 Å². The lowest BCUT2D eigenvalue weighted by atomic mass is 10.2. The molecule has 0 N–H and O–H groups in total. The Balaban J connectivity index is 1.81. The molecular formula is C16H15ClO4S2. The number of sulfone groups is 1. The van der Waals surface area contributed by atoms with E-state index in [0.717, 1.165) is 11.2 Å². The average molecular weight is 371 g/mol. The molecule has 0 heterocycles. The summed E-state index contributed by atoms with van der Waals surface area (Å²) in [5.74, 6) is 0.149. The van der Waals surface area contributed by atoms with E-state index in [1.807, 2.05) is 12.1 Å². The van der Waals surface area contributed by atoms with Crippen molar-refractivity contribution in [2.45, 2.75) is 9.79 Å². The van der Waals surface area contributed by atoms with Crippen LogP contribution in [0.3, 0.4) is 0 Å². The summed E-state index contributed by atoms with van der Waals surface area (Å²) in [7, 11) is -3.26. The number of ether oxygens (including phenoxy) is 1. The van der Waals surface area contributed by atoms with Crippen molar-refractivity contribution in [3.8, 4) is 0 Å². The van der Waals surface area contributed by atoms with Crippen LogP contribution in [-0.4, -0.2) is 33.0 Å². The molecule has 23 heavy (non-hydrogen) atoms. The van der Waals surface area contributed by atoms with Gasteiger partial charge in [0.15, 0.2) is 9.84 Å². The minimum absolute atomic E-state index is 0.173. The van der Waals surface area contributed by atoms with Crippen molar-refractivity contribution < 1.29 is 17.9 Å². The molecule has 0 fully saturated rings. The van der Waals surface area contributed by atoms with E-state index in [1.54, 1.807) is 23.9 Å². The minimum atomic E-state index is -3.26. The number of hydrogen-bond acceptors (Lipinski definition) is 5. The second-order valence-electron chi connectivity index (χ2n) is 4.73. The van der Waals surface area contributed by atoms with Crippen LogP contribution in [0, 0.1) is 0 Å². The second kappa shape index (κ2) is 7.86. The van der Waals surface area contributed by atoms with Gasteiger partial charge in [0.05, 0.1) is 10.5 Å². The molecule has 0 atom stereocenters. The van der Waals surface area contributed by atoms with Crippen LogP contribution in [0.5, 0.6) is 0 Å². The highest BCUT2D eigenvalue weighted by molar-refractivity contribution is 7.99. The van der Waals surface area contributed by atoms with Gasteiger partial charge in [-0.05, 0) is 48.5 Å². The highest BCUT2D eigenvalue weighted by Gasteiger charge is 2.10. The van der Waals surface area contributed by atoms with Crippen LogP contribution in [0.4, 0.5) is 0 Å². The summed E-state index contributed by atoms with van der Waals surface area (Å²) < 4.78 is 27.9. The zero-order valence-corrected chi connectivity index (χ0v) is 14.7. The molecule has 0 aliphatic heterocycles. The van der Waals surface area contributed by atoms with Crippen molar-refractivity contribution in [2.75, 3.05) is 18.6 Å². The smallest absolute Gasteiger partial charge is 0.338 e. The van der Waals surface area contributed by atoms with E-state index in [2.05, 4.69) is 0 Å². The first-order valence-electron chi connectivity index (χ1n) is 6.72. The van der Waals surface area contributed by atoms with E-state index in [4.69, 9.17) is 16.3 Å². The number of halogens is 1. The molecule has 4 nitrogen and oxygen atoms in total. The predicted octanol–water partition coefficient (Wildman–Crippen LogP) is 3.69. The summed E-state index contributed by atoms with van der Waals surface area (Å²) in [4.78, 5) is 13.1. The summed E-state index contributed by atoms with van der Waals surface area (Å²) in [6.07, 6.45) is 1.12. The Labute approximate surface area is 144 Å². The normalized spacial score (nSPS) is 11.2. The van der Waals surface area contributed by atoms with E-state index in [-0.39, 0.29) is 11.5 Å². The van der Waals surface area contributed by atoms with Crippen molar-refractivity contribution in [1.29, 1.82) is 0 Å². The third kappa shape index (κ3) is 5.57. The molecule has 2 aromatic rings. The van der Waals surface area contributed by atoms with Crippen LogP contribution in [0.15, 0.2) is 58.3 Å². The molecule has 0 aliphatic carbocycles. The van der Waals surface area contributed by atoms with E-state index >= 15 is 0 Å². The topological polar surface area (TPSA) is 60.4 Å². The summed E-state index contributed by atoms with van der Waals surface area (Å²) in [6, 6.07) is 13.1. The van der Waals surface area contributed by atoms with Gasteiger partial charge in [-0.1, -0.05) is 11.6 Å². The fourth-order valence-electron chi connectivity index (χ4n) is 1.75. The molecule has 0 aromatic heterocycles. The molecule has 0 saturated carbocycles. The third-order valence-corrected chi connectivity index (χ3v) is 5.27. The van der Waals surface area contributed by atoms with Crippen LogP contribution >= 0.6 is 23.4 Å². The SMILES string of the molecule is CS(=O)(=O)c1ccc(C(=O)OCCSc2ccc(Cl)cc2)cc1. The number of carbonyl (C=O) groups excluding carboxylic acids is 1. The molecule has 0 bridgehead atoms. The van der Waals surface area contributed by atoms with Gasteiger partial charge in [0.25, 0.3) is 0 Å². The van der Waals surface area contributed by atoms with Gasteiger partial charge in [-0.2, -0.15) is 0 Å². The maximum Gasteiger partial charge on any atom is 0.338 e. The Morgan fingerprint density at radius 3 is 2.26 bits per heavy atom. The van der Waals surface area contributed by atoms with Gasteiger partial charge < -0.3 is 4.74 Å². The number of thioether (sulfide) groups is 1. The number of hydrogen-bond donors (Lipinski definition) is 0. The molecule has 2 rings (SSSR count). The lowest BCUT2D eigenvalue weighted by Crippen LogP contribution is -2.08. The fraction of sp³-hybridized carbons (Fsp3) is 0.188. The average Bonchev–Trinajstić information content (AvgIpc) is 2.52. The van der Waals surface area contributed by atoms with Gasteiger partial charge in [0.2, 0.25) is 0 Å². The molecule has 0 radical (unpaired) electrons. The summed E-state index contributed by atoms with van der Waals surface area (Å²) in [6.45, 7) is 0.264. The largest absolute Gasteiger partial charge is 0.461 e. The molecule has 0 amide bonds. The lowest BCUT2D eigenvalue weighted by molar-refractivity contribution is 0.0530. The van der Waals surface area contributed by atoms with E-state index in [1.165, 1.54) is 24.3 Å². The fourth-order valence-corrected chi connectivity index (χ4v) is 3.23. The number of carbonyl (C=O) groups is 1. The lowest BCUT2D eigenvalue weighted by Gasteiger charge is -2.06. The number of esters is 1. The molecular weight excluding hydrogens is 356 g/mol. The van der Waals surface area contributed by atoms with Crippen LogP contribution < -0.4 is 0 Å². The van der Waals surface area contributed by atoms with Crippen LogP contribution in [0.2, 0.25) is 5.02 Å². The second-order valence-corrected chi connectivity index (χ2v) is 8.36. The van der Waals surface area contributed by atoms with E-state index in [9.17, 15) is 13.2 Å². The van der Waals surface area contributed by atoms with Gasteiger partial charge >= 0.3 is 5.97 Å². The Hall–Kier alpha value is -1.50. The number of rotatable bonds is 6. The van der Waals surface area contributed by atoms with E-state index in [0.29, 0.717) is 16.3 Å². The summed E-state index contributed by atoms with van der Waals surface area (Å²) in [5.41, 5.74) is 0.328. The zero-order valence-electron chi connectivity index (χ0n) is 12.4. The third-order valence-electron chi connectivity index (χ3n) is 2.92. The summed E-state index contributed by atoms with van der Waals surface area (Å²) in [5, 5.41) is 0.679. The van der Waals surface area contributed by atoms with Crippen LogP contribution in [0.25, 0.3) is 0 Å². The molecule has 122 valence electrons. The molecule has 0 spiro atoms. The van der Waals surface area contributed by atoms with Crippen LogP contribution in [-0.2, 0) is 14.6 Å².